The van der Waals surface area contributed by atoms with Crippen LogP contribution in [0, 0.1) is 0 Å². The monoisotopic (exact) mass is 234 g/mol. The molecule has 0 amide bonds. The third-order valence-electron chi connectivity index (χ3n) is 1.87. The summed E-state index contributed by atoms with van der Waals surface area (Å²) >= 11 is 0. The van der Waals surface area contributed by atoms with Crippen molar-refractivity contribution in [2.45, 2.75) is 18.8 Å². The molecule has 0 saturated carbocycles. The molecule has 0 unspecified atom stereocenters. The van der Waals surface area contributed by atoms with Crippen LogP contribution in [-0.2, 0) is 19.1 Å². The summed E-state index contributed by atoms with van der Waals surface area (Å²) in [7, 11) is 0. The molecule has 8 heteroatoms. The Morgan fingerprint density at radius 1 is 1.56 bits per heavy atom. The number of hydrogen-bond donors (Lipinski definition) is 4. The molecule has 1 heterocycles. The number of aliphatic hydroxyl groups excluding tert-OH is 3. The van der Waals surface area contributed by atoms with Crippen molar-refractivity contribution in [2.75, 3.05) is 6.61 Å². The summed E-state index contributed by atoms with van der Waals surface area (Å²) in [5, 5.41) is 36.7. The van der Waals surface area contributed by atoms with Crippen LogP contribution >= 0.6 is 0 Å². The smallest absolute Gasteiger partial charge is 0.378 e. The maximum atomic E-state index is 10.8. The Bertz CT molecular complexity index is 359. The van der Waals surface area contributed by atoms with E-state index in [0.717, 1.165) is 6.92 Å². The van der Waals surface area contributed by atoms with Crippen LogP contribution in [-0.4, -0.2) is 50.9 Å². The summed E-state index contributed by atoms with van der Waals surface area (Å²) in [5.41, 5.74) is 0. The highest BCUT2D eigenvalue weighted by atomic mass is 16.7. The predicted octanol–water partition coefficient (Wildman–Crippen LogP) is -1.52. The van der Waals surface area contributed by atoms with Crippen LogP contribution in [0.5, 0.6) is 0 Å². The van der Waals surface area contributed by atoms with Gasteiger partial charge in [0.15, 0.2) is 5.76 Å². The Balaban J connectivity index is 3.00. The number of esters is 2. The number of carbonyl (C=O) groups is 2. The maximum Gasteiger partial charge on any atom is 0.378 e. The topological polar surface area (TPSA) is 134 Å². The molecule has 0 aromatic carbocycles. The van der Waals surface area contributed by atoms with Gasteiger partial charge in [-0.1, -0.05) is 0 Å². The highest BCUT2D eigenvalue weighted by molar-refractivity contribution is 5.89. The van der Waals surface area contributed by atoms with Gasteiger partial charge in [-0.2, -0.15) is 0 Å². The molecule has 0 saturated heterocycles. The molecule has 0 aromatic rings. The summed E-state index contributed by atoms with van der Waals surface area (Å²) < 4.78 is 8.66. The Labute approximate surface area is 89.3 Å². The second-order valence-corrected chi connectivity index (χ2v) is 3.12. The van der Waals surface area contributed by atoms with E-state index in [1.807, 2.05) is 0 Å². The first-order valence-corrected chi connectivity index (χ1v) is 4.17. The standard InChI is InChI=1S/C8H10O8/c1-3(10)16-8(14,2-9)6-4(11)5(12)7(13)15-6/h6,9,11-12,14H,2H2,1H3/t6-,8+/m0/s1. The average molecular weight is 234 g/mol. The van der Waals surface area contributed by atoms with Crippen LogP contribution in [0.3, 0.4) is 0 Å². The minimum atomic E-state index is -2.63. The fraction of sp³-hybridized carbons (Fsp3) is 0.500. The van der Waals surface area contributed by atoms with E-state index >= 15 is 0 Å². The Morgan fingerprint density at radius 3 is 2.44 bits per heavy atom. The second kappa shape index (κ2) is 3.99. The summed E-state index contributed by atoms with van der Waals surface area (Å²) in [5.74, 6) is -7.00. The largest absolute Gasteiger partial charge is 0.505 e. The summed E-state index contributed by atoms with van der Waals surface area (Å²) in [6, 6.07) is 0. The van der Waals surface area contributed by atoms with Crippen molar-refractivity contribution in [3.63, 3.8) is 0 Å². The lowest BCUT2D eigenvalue weighted by Crippen LogP contribution is -2.50. The first-order valence-electron chi connectivity index (χ1n) is 4.17. The van der Waals surface area contributed by atoms with Gasteiger partial charge in [0.25, 0.3) is 5.79 Å². The van der Waals surface area contributed by atoms with E-state index in [4.69, 9.17) is 10.2 Å². The summed E-state index contributed by atoms with van der Waals surface area (Å²) in [4.78, 5) is 21.5. The van der Waals surface area contributed by atoms with Gasteiger partial charge >= 0.3 is 11.9 Å². The normalized spacial score (nSPS) is 23.9. The van der Waals surface area contributed by atoms with E-state index in [1.54, 1.807) is 0 Å². The van der Waals surface area contributed by atoms with Gasteiger partial charge in [0.05, 0.1) is 0 Å². The number of hydrogen-bond acceptors (Lipinski definition) is 8. The SMILES string of the molecule is CC(=O)O[C@](O)(CO)[C@H]1OC(=O)C(O)=C1O. The lowest BCUT2D eigenvalue weighted by molar-refractivity contribution is -0.258. The molecule has 2 atom stereocenters. The minimum Gasteiger partial charge on any atom is -0.505 e. The van der Waals surface area contributed by atoms with Gasteiger partial charge < -0.3 is 29.9 Å². The van der Waals surface area contributed by atoms with E-state index in [0.29, 0.717) is 0 Å². The van der Waals surface area contributed by atoms with Crippen LogP contribution in [0.1, 0.15) is 6.92 Å². The number of carbonyl (C=O) groups excluding carboxylic acids is 2. The fourth-order valence-electron chi connectivity index (χ4n) is 1.17. The number of aliphatic hydroxyl groups is 4. The van der Waals surface area contributed by atoms with Gasteiger partial charge in [0, 0.05) is 6.92 Å². The molecular weight excluding hydrogens is 224 g/mol. The predicted molar refractivity (Wildman–Crippen MR) is 46.0 cm³/mol. The fourth-order valence-corrected chi connectivity index (χ4v) is 1.17. The highest BCUT2D eigenvalue weighted by Gasteiger charge is 2.51. The van der Waals surface area contributed by atoms with E-state index < -0.39 is 42.0 Å². The van der Waals surface area contributed by atoms with Crippen LogP contribution < -0.4 is 0 Å². The van der Waals surface area contributed by atoms with Crippen molar-refractivity contribution in [3.8, 4) is 0 Å². The molecule has 0 spiro atoms. The molecule has 0 radical (unpaired) electrons. The molecule has 0 fully saturated rings. The van der Waals surface area contributed by atoms with Crippen molar-refractivity contribution in [2.24, 2.45) is 0 Å². The second-order valence-electron chi connectivity index (χ2n) is 3.12. The van der Waals surface area contributed by atoms with Crippen molar-refractivity contribution in [3.05, 3.63) is 11.5 Å². The lowest BCUT2D eigenvalue weighted by Gasteiger charge is -2.29. The summed E-state index contributed by atoms with van der Waals surface area (Å²) in [6.07, 6.45) is -1.85. The highest BCUT2D eigenvalue weighted by Crippen LogP contribution is 2.28. The molecular formula is C8H10O8. The zero-order valence-electron chi connectivity index (χ0n) is 8.21. The molecule has 0 aromatic heterocycles. The number of ether oxygens (including phenoxy) is 2. The number of cyclic esters (lactones) is 1. The lowest BCUT2D eigenvalue weighted by atomic mass is 10.1. The first-order chi connectivity index (χ1) is 7.31. The molecule has 1 rings (SSSR count). The molecule has 4 N–H and O–H groups in total. The zero-order chi connectivity index (χ0) is 12.5. The molecule has 0 aliphatic carbocycles. The van der Waals surface area contributed by atoms with E-state index in [9.17, 15) is 19.8 Å². The van der Waals surface area contributed by atoms with Crippen molar-refractivity contribution in [1.29, 1.82) is 0 Å². The minimum absolute atomic E-state index is 0.942. The Morgan fingerprint density at radius 2 is 2.12 bits per heavy atom. The van der Waals surface area contributed by atoms with Gasteiger partial charge in [0.2, 0.25) is 11.9 Å². The van der Waals surface area contributed by atoms with Crippen molar-refractivity contribution < 1.29 is 39.5 Å². The van der Waals surface area contributed by atoms with Crippen molar-refractivity contribution in [1.82, 2.24) is 0 Å². The average Bonchev–Trinajstić information content (AvgIpc) is 2.45. The summed E-state index contributed by atoms with van der Waals surface area (Å²) in [6.45, 7) is -0.181. The van der Waals surface area contributed by atoms with Crippen LogP contribution in [0.4, 0.5) is 0 Å². The van der Waals surface area contributed by atoms with Gasteiger partial charge in [-0.15, -0.1) is 0 Å². The third kappa shape index (κ3) is 1.92. The van der Waals surface area contributed by atoms with Gasteiger partial charge in [-0.05, 0) is 0 Å². The van der Waals surface area contributed by atoms with Crippen LogP contribution in [0.15, 0.2) is 11.5 Å². The van der Waals surface area contributed by atoms with Crippen LogP contribution in [0.2, 0.25) is 0 Å². The zero-order valence-corrected chi connectivity index (χ0v) is 8.21. The maximum absolute atomic E-state index is 10.8. The van der Waals surface area contributed by atoms with E-state index in [1.165, 1.54) is 0 Å². The molecule has 1 aliphatic heterocycles. The Hall–Kier alpha value is -1.80. The molecule has 8 nitrogen and oxygen atoms in total. The van der Waals surface area contributed by atoms with Crippen LogP contribution in [0.25, 0.3) is 0 Å². The molecule has 0 bridgehead atoms. The van der Waals surface area contributed by atoms with Gasteiger partial charge in [-0.25, -0.2) is 4.79 Å². The third-order valence-corrected chi connectivity index (χ3v) is 1.87. The van der Waals surface area contributed by atoms with Gasteiger partial charge in [0.1, 0.15) is 6.61 Å². The van der Waals surface area contributed by atoms with Gasteiger partial charge in [-0.3, -0.25) is 4.79 Å². The van der Waals surface area contributed by atoms with E-state index in [-0.39, 0.29) is 0 Å². The Kier molecular flexibility index (Phi) is 3.06. The van der Waals surface area contributed by atoms with Crippen molar-refractivity contribution >= 4 is 11.9 Å². The van der Waals surface area contributed by atoms with E-state index in [2.05, 4.69) is 9.47 Å². The molecule has 16 heavy (non-hydrogen) atoms. The first kappa shape index (κ1) is 12.3. The molecule has 1 aliphatic rings. The quantitative estimate of drug-likeness (QED) is 0.342. The molecule has 90 valence electrons. The number of rotatable bonds is 3.